The molecular formula is C12H19N5O. The van der Waals surface area contributed by atoms with E-state index in [1.807, 2.05) is 7.05 Å². The van der Waals surface area contributed by atoms with Crippen LogP contribution in [0, 0.1) is 0 Å². The maximum Gasteiger partial charge on any atom is 0.231 e. The highest BCUT2D eigenvalue weighted by atomic mass is 16.1. The van der Waals surface area contributed by atoms with Crippen molar-refractivity contribution >= 4 is 11.7 Å². The number of amides is 1. The molecule has 0 saturated carbocycles. The SMILES string of the molecule is CNc1nccnc1[C@H]1CCCN(CC(N)=O)C1. The fourth-order valence-corrected chi connectivity index (χ4v) is 2.48. The van der Waals surface area contributed by atoms with E-state index >= 15 is 0 Å². The fourth-order valence-electron chi connectivity index (χ4n) is 2.48. The van der Waals surface area contributed by atoms with Gasteiger partial charge in [0.2, 0.25) is 5.91 Å². The number of aromatic nitrogens is 2. The van der Waals surface area contributed by atoms with Crippen molar-refractivity contribution in [2.75, 3.05) is 32.0 Å². The van der Waals surface area contributed by atoms with Crippen LogP contribution in [0.2, 0.25) is 0 Å². The van der Waals surface area contributed by atoms with Crippen molar-refractivity contribution in [1.29, 1.82) is 0 Å². The van der Waals surface area contributed by atoms with Gasteiger partial charge in [-0.05, 0) is 19.4 Å². The maximum absolute atomic E-state index is 11.0. The van der Waals surface area contributed by atoms with Gasteiger partial charge in [0.05, 0.1) is 12.2 Å². The van der Waals surface area contributed by atoms with Gasteiger partial charge in [0.25, 0.3) is 0 Å². The summed E-state index contributed by atoms with van der Waals surface area (Å²) in [6.07, 6.45) is 5.52. The predicted molar refractivity (Wildman–Crippen MR) is 69.2 cm³/mol. The lowest BCUT2D eigenvalue weighted by Crippen LogP contribution is -2.40. The third-order valence-corrected chi connectivity index (χ3v) is 3.24. The van der Waals surface area contributed by atoms with Crippen LogP contribution in [0.3, 0.4) is 0 Å². The van der Waals surface area contributed by atoms with Crippen LogP contribution in [-0.2, 0) is 4.79 Å². The number of hydrogen-bond acceptors (Lipinski definition) is 5. The van der Waals surface area contributed by atoms with E-state index in [1.165, 1.54) is 0 Å². The second-order valence-corrected chi connectivity index (χ2v) is 4.58. The molecule has 6 heteroatoms. The number of nitrogens with two attached hydrogens (primary N) is 1. The van der Waals surface area contributed by atoms with Gasteiger partial charge >= 0.3 is 0 Å². The van der Waals surface area contributed by atoms with Gasteiger partial charge in [0.15, 0.2) is 0 Å². The lowest BCUT2D eigenvalue weighted by molar-refractivity contribution is -0.119. The van der Waals surface area contributed by atoms with Crippen molar-refractivity contribution in [2.45, 2.75) is 18.8 Å². The first-order valence-corrected chi connectivity index (χ1v) is 6.20. The van der Waals surface area contributed by atoms with Crippen molar-refractivity contribution in [3.8, 4) is 0 Å². The number of rotatable bonds is 4. The first-order valence-electron chi connectivity index (χ1n) is 6.20. The topological polar surface area (TPSA) is 84.1 Å². The minimum atomic E-state index is -0.274. The monoisotopic (exact) mass is 249 g/mol. The number of carbonyl (C=O) groups is 1. The van der Waals surface area contributed by atoms with Crippen molar-refractivity contribution in [3.05, 3.63) is 18.1 Å². The first-order chi connectivity index (χ1) is 8.70. The molecule has 1 fully saturated rings. The summed E-state index contributed by atoms with van der Waals surface area (Å²) >= 11 is 0. The average Bonchev–Trinajstić information content (AvgIpc) is 2.38. The van der Waals surface area contributed by atoms with Crippen molar-refractivity contribution in [2.24, 2.45) is 5.73 Å². The van der Waals surface area contributed by atoms with Gasteiger partial charge in [-0.3, -0.25) is 14.7 Å². The van der Waals surface area contributed by atoms with Crippen LogP contribution < -0.4 is 11.1 Å². The first kappa shape index (κ1) is 12.8. The molecule has 0 spiro atoms. The summed E-state index contributed by atoms with van der Waals surface area (Å²) in [5.74, 6) is 0.862. The van der Waals surface area contributed by atoms with Gasteiger partial charge in [-0.15, -0.1) is 0 Å². The van der Waals surface area contributed by atoms with Crippen LogP contribution in [0.25, 0.3) is 0 Å². The Bertz CT molecular complexity index is 423. The zero-order chi connectivity index (χ0) is 13.0. The number of nitrogens with one attached hydrogen (secondary N) is 1. The third-order valence-electron chi connectivity index (χ3n) is 3.24. The van der Waals surface area contributed by atoms with E-state index in [0.717, 1.165) is 37.4 Å². The van der Waals surface area contributed by atoms with Crippen LogP contribution in [0.1, 0.15) is 24.5 Å². The van der Waals surface area contributed by atoms with Crippen LogP contribution in [0.5, 0.6) is 0 Å². The van der Waals surface area contributed by atoms with E-state index in [2.05, 4.69) is 20.2 Å². The highest BCUT2D eigenvalue weighted by Crippen LogP contribution is 2.28. The molecule has 1 aromatic heterocycles. The van der Waals surface area contributed by atoms with E-state index in [4.69, 9.17) is 5.73 Å². The van der Waals surface area contributed by atoms with Crippen molar-refractivity contribution in [3.63, 3.8) is 0 Å². The minimum absolute atomic E-state index is 0.274. The van der Waals surface area contributed by atoms with E-state index in [0.29, 0.717) is 12.5 Å². The Hall–Kier alpha value is -1.69. The molecule has 1 saturated heterocycles. The summed E-state index contributed by atoms with van der Waals surface area (Å²) in [4.78, 5) is 21.8. The number of nitrogens with zero attached hydrogens (tertiary/aromatic N) is 3. The second kappa shape index (κ2) is 5.77. The Morgan fingerprint density at radius 3 is 3.06 bits per heavy atom. The predicted octanol–water partition coefficient (Wildman–Crippen LogP) is 0.183. The van der Waals surface area contributed by atoms with Gasteiger partial charge in [0, 0.05) is 31.9 Å². The Labute approximate surface area is 107 Å². The summed E-state index contributed by atoms with van der Waals surface area (Å²) in [7, 11) is 1.84. The molecule has 0 unspecified atom stereocenters. The maximum atomic E-state index is 11.0. The van der Waals surface area contributed by atoms with Gasteiger partial charge in [-0.2, -0.15) is 0 Å². The number of anilines is 1. The molecule has 2 rings (SSSR count). The van der Waals surface area contributed by atoms with Crippen LogP contribution in [-0.4, -0.2) is 47.5 Å². The van der Waals surface area contributed by atoms with Crippen molar-refractivity contribution < 1.29 is 4.79 Å². The highest BCUT2D eigenvalue weighted by molar-refractivity contribution is 5.75. The Kier molecular flexibility index (Phi) is 4.09. The molecule has 1 atom stereocenters. The molecule has 2 heterocycles. The molecule has 98 valence electrons. The summed E-state index contributed by atoms with van der Waals surface area (Å²) in [5.41, 5.74) is 6.22. The standard InChI is InChI=1S/C12H19N5O/c1-14-12-11(15-4-5-16-12)9-3-2-6-17(7-9)8-10(13)18/h4-5,9H,2-3,6-8H2,1H3,(H2,13,18)(H,14,16)/t9-/m0/s1. The van der Waals surface area contributed by atoms with Crippen LogP contribution in [0.15, 0.2) is 12.4 Å². The summed E-state index contributed by atoms with van der Waals surface area (Å²) in [6.45, 7) is 2.07. The molecular weight excluding hydrogens is 230 g/mol. The lowest BCUT2D eigenvalue weighted by Gasteiger charge is -2.31. The number of piperidine rings is 1. The average molecular weight is 249 g/mol. The third kappa shape index (κ3) is 2.95. The Morgan fingerprint density at radius 2 is 2.33 bits per heavy atom. The van der Waals surface area contributed by atoms with Crippen molar-refractivity contribution in [1.82, 2.24) is 14.9 Å². The minimum Gasteiger partial charge on any atom is -0.372 e. The fraction of sp³-hybridized carbons (Fsp3) is 0.583. The molecule has 6 nitrogen and oxygen atoms in total. The molecule has 0 aromatic carbocycles. The summed E-state index contributed by atoms with van der Waals surface area (Å²) in [5, 5.41) is 3.06. The Morgan fingerprint density at radius 1 is 1.56 bits per heavy atom. The van der Waals surface area contributed by atoms with E-state index in [9.17, 15) is 4.79 Å². The molecule has 0 radical (unpaired) electrons. The largest absolute Gasteiger partial charge is 0.372 e. The molecule has 0 bridgehead atoms. The smallest absolute Gasteiger partial charge is 0.231 e. The normalized spacial score (nSPS) is 20.6. The molecule has 18 heavy (non-hydrogen) atoms. The number of primary amides is 1. The molecule has 1 aromatic rings. The summed E-state index contributed by atoms with van der Waals surface area (Å²) < 4.78 is 0. The summed E-state index contributed by atoms with van der Waals surface area (Å²) in [6, 6.07) is 0. The molecule has 1 aliphatic rings. The Balaban J connectivity index is 2.10. The molecule has 0 aliphatic carbocycles. The zero-order valence-electron chi connectivity index (χ0n) is 10.6. The van der Waals surface area contributed by atoms with E-state index in [-0.39, 0.29) is 5.91 Å². The number of likely N-dealkylation sites (tertiary alicyclic amines) is 1. The van der Waals surface area contributed by atoms with E-state index in [1.54, 1.807) is 12.4 Å². The molecule has 3 N–H and O–H groups in total. The molecule has 1 aliphatic heterocycles. The quantitative estimate of drug-likeness (QED) is 0.795. The lowest BCUT2D eigenvalue weighted by atomic mass is 9.94. The second-order valence-electron chi connectivity index (χ2n) is 4.58. The zero-order valence-corrected chi connectivity index (χ0v) is 10.6. The van der Waals surface area contributed by atoms with Crippen LogP contribution in [0.4, 0.5) is 5.82 Å². The van der Waals surface area contributed by atoms with E-state index < -0.39 is 0 Å². The number of hydrogen-bond donors (Lipinski definition) is 2. The van der Waals surface area contributed by atoms with Crippen LogP contribution >= 0.6 is 0 Å². The highest BCUT2D eigenvalue weighted by Gasteiger charge is 2.25. The number of carbonyl (C=O) groups excluding carboxylic acids is 1. The van der Waals surface area contributed by atoms with Gasteiger partial charge < -0.3 is 11.1 Å². The van der Waals surface area contributed by atoms with Gasteiger partial charge in [0.1, 0.15) is 5.82 Å². The van der Waals surface area contributed by atoms with Gasteiger partial charge in [-0.25, -0.2) is 4.98 Å². The molecule has 1 amide bonds. The van der Waals surface area contributed by atoms with Gasteiger partial charge in [-0.1, -0.05) is 0 Å².